The van der Waals surface area contributed by atoms with Crippen LogP contribution in [0.2, 0.25) is 0 Å². The van der Waals surface area contributed by atoms with Gasteiger partial charge in [0.05, 0.1) is 0 Å². The normalized spacial score (nSPS) is 12.4. The zero-order valence-electron chi connectivity index (χ0n) is 14.0. The third-order valence-corrected chi connectivity index (χ3v) is 3.55. The molecule has 0 radical (unpaired) electrons. The fraction of sp³-hybridized carbons (Fsp3) is 0.0556. The van der Waals surface area contributed by atoms with Gasteiger partial charge < -0.3 is 10.2 Å². The minimum Gasteiger partial charge on any atom is -0.414 e. The van der Waals surface area contributed by atoms with Gasteiger partial charge in [-0.25, -0.2) is 9.98 Å². The largest absolute Gasteiger partial charge is 0.414 e. The molecule has 0 atom stereocenters. The van der Waals surface area contributed by atoms with E-state index in [0.29, 0.717) is 17.4 Å². The summed E-state index contributed by atoms with van der Waals surface area (Å²) in [6.45, 7) is 5.15. The first-order valence-corrected chi connectivity index (χ1v) is 7.63. The van der Waals surface area contributed by atoms with Crippen molar-refractivity contribution in [2.75, 3.05) is 0 Å². The van der Waals surface area contributed by atoms with E-state index < -0.39 is 0 Å². The van der Waals surface area contributed by atoms with Crippen molar-refractivity contribution in [1.29, 1.82) is 5.26 Å². The van der Waals surface area contributed by atoms with Crippen molar-refractivity contribution in [1.82, 2.24) is 14.8 Å². The van der Waals surface area contributed by atoms with Gasteiger partial charge in [-0.2, -0.15) is 5.26 Å². The minimum atomic E-state index is 0.0401. The lowest BCUT2D eigenvalue weighted by molar-refractivity contribution is 0.551. The Labute approximate surface area is 149 Å². The number of nitrogens with zero attached hydrogens (tertiary/aromatic N) is 6. The monoisotopic (exact) mass is 345 g/mol. The summed E-state index contributed by atoms with van der Waals surface area (Å²) in [7, 11) is 0. The van der Waals surface area contributed by atoms with Crippen molar-refractivity contribution in [3.05, 3.63) is 66.1 Å². The van der Waals surface area contributed by atoms with Gasteiger partial charge >= 0.3 is 0 Å². The molecule has 8 heteroatoms. The smallest absolute Gasteiger partial charge is 0.270 e. The zero-order valence-corrected chi connectivity index (χ0v) is 14.0. The molecular formula is C18H15N7O. The molecule has 0 saturated carbocycles. The van der Waals surface area contributed by atoms with E-state index in [4.69, 9.17) is 15.4 Å². The number of hydrogen-bond donors (Lipinski definition) is 1. The molecule has 0 amide bonds. The molecule has 0 spiro atoms. The molecule has 0 aliphatic carbocycles. The van der Waals surface area contributed by atoms with Gasteiger partial charge in [0.15, 0.2) is 11.5 Å². The fourth-order valence-corrected chi connectivity index (χ4v) is 2.28. The van der Waals surface area contributed by atoms with Crippen molar-refractivity contribution < 1.29 is 4.42 Å². The van der Waals surface area contributed by atoms with Crippen LogP contribution in [0.25, 0.3) is 17.2 Å². The van der Waals surface area contributed by atoms with E-state index in [2.05, 4.69) is 33.0 Å². The molecule has 3 rings (SSSR count). The van der Waals surface area contributed by atoms with E-state index in [9.17, 15) is 0 Å². The molecule has 26 heavy (non-hydrogen) atoms. The quantitative estimate of drug-likeness (QED) is 0.576. The second kappa shape index (κ2) is 7.27. The van der Waals surface area contributed by atoms with Crippen LogP contribution in [0.15, 0.2) is 68.9 Å². The van der Waals surface area contributed by atoms with E-state index in [1.807, 2.05) is 30.3 Å². The van der Waals surface area contributed by atoms with Crippen LogP contribution in [-0.4, -0.2) is 27.3 Å². The summed E-state index contributed by atoms with van der Waals surface area (Å²) in [5, 5.41) is 17.2. The molecular weight excluding hydrogens is 330 g/mol. The summed E-state index contributed by atoms with van der Waals surface area (Å²) in [6, 6.07) is 14.8. The number of rotatable bonds is 4. The average Bonchev–Trinajstić information content (AvgIpc) is 3.35. The Kier molecular flexibility index (Phi) is 4.71. The van der Waals surface area contributed by atoms with Gasteiger partial charge in [-0.1, -0.05) is 18.2 Å². The molecule has 2 heterocycles. The zero-order chi connectivity index (χ0) is 18.5. The molecule has 0 aliphatic heterocycles. The first-order valence-electron chi connectivity index (χ1n) is 7.63. The Bertz CT molecular complexity index is 1030. The van der Waals surface area contributed by atoms with Crippen LogP contribution in [-0.2, 0) is 0 Å². The van der Waals surface area contributed by atoms with Gasteiger partial charge in [0.25, 0.3) is 5.89 Å². The van der Waals surface area contributed by atoms with E-state index >= 15 is 0 Å². The highest BCUT2D eigenvalue weighted by molar-refractivity contribution is 5.88. The maximum absolute atomic E-state index is 9.16. The molecule has 2 aromatic heterocycles. The highest BCUT2D eigenvalue weighted by atomic mass is 16.4. The molecule has 2 N–H and O–H groups in total. The van der Waals surface area contributed by atoms with Crippen molar-refractivity contribution in [2.24, 2.45) is 15.7 Å². The molecule has 3 aromatic rings. The van der Waals surface area contributed by atoms with E-state index in [0.717, 1.165) is 5.56 Å². The lowest BCUT2D eigenvalue weighted by Gasteiger charge is -2.05. The van der Waals surface area contributed by atoms with Crippen LogP contribution in [0, 0.1) is 11.3 Å². The Morgan fingerprint density at radius 1 is 1.23 bits per heavy atom. The van der Waals surface area contributed by atoms with Gasteiger partial charge in [0.2, 0.25) is 5.89 Å². The fourth-order valence-electron chi connectivity index (χ4n) is 2.28. The average molecular weight is 345 g/mol. The summed E-state index contributed by atoms with van der Waals surface area (Å²) in [4.78, 5) is 8.15. The SMILES string of the molecule is C=N/C(N)=C(\N=C(/C)n1cccc1C#N)c1nnc(-c2ccccc2)o1. The summed E-state index contributed by atoms with van der Waals surface area (Å²) in [6.07, 6.45) is 1.72. The van der Waals surface area contributed by atoms with Crippen LogP contribution in [0.3, 0.4) is 0 Å². The molecule has 0 unspecified atom stereocenters. The first-order chi connectivity index (χ1) is 12.6. The topological polar surface area (TPSA) is 118 Å². The van der Waals surface area contributed by atoms with E-state index in [1.54, 1.807) is 29.8 Å². The predicted molar refractivity (Wildman–Crippen MR) is 98.0 cm³/mol. The maximum Gasteiger partial charge on any atom is 0.270 e. The summed E-state index contributed by atoms with van der Waals surface area (Å²) in [5.74, 6) is 0.978. The molecule has 0 aliphatic rings. The maximum atomic E-state index is 9.16. The number of aromatic nitrogens is 3. The second-order valence-electron chi connectivity index (χ2n) is 5.20. The van der Waals surface area contributed by atoms with Crippen molar-refractivity contribution in [3.63, 3.8) is 0 Å². The summed E-state index contributed by atoms with van der Waals surface area (Å²) >= 11 is 0. The molecule has 0 bridgehead atoms. The van der Waals surface area contributed by atoms with E-state index in [1.165, 1.54) is 0 Å². The van der Waals surface area contributed by atoms with Gasteiger partial charge in [-0.15, -0.1) is 10.2 Å². The standard InChI is InChI=1S/C18H15N7O/c1-12(25-10-6-9-14(25)11-19)22-15(16(20)21-2)18-24-23-17(26-18)13-7-4-3-5-8-13/h3-10H,2,20H2,1H3/b16-15-,22-12+. The third kappa shape index (κ3) is 3.27. The van der Waals surface area contributed by atoms with Gasteiger partial charge in [0.1, 0.15) is 17.6 Å². The molecule has 0 saturated heterocycles. The van der Waals surface area contributed by atoms with Crippen LogP contribution in [0.1, 0.15) is 18.5 Å². The molecule has 8 nitrogen and oxygen atoms in total. The molecule has 128 valence electrons. The molecule has 1 aromatic carbocycles. The first kappa shape index (κ1) is 16.9. The number of nitriles is 1. The van der Waals surface area contributed by atoms with Crippen LogP contribution in [0.5, 0.6) is 0 Å². The summed E-state index contributed by atoms with van der Waals surface area (Å²) in [5.41, 5.74) is 7.30. The Morgan fingerprint density at radius 3 is 2.69 bits per heavy atom. The summed E-state index contributed by atoms with van der Waals surface area (Å²) < 4.78 is 7.32. The van der Waals surface area contributed by atoms with Crippen molar-refractivity contribution in [2.45, 2.75) is 6.92 Å². The number of hydrogen-bond acceptors (Lipinski definition) is 7. The van der Waals surface area contributed by atoms with Crippen LogP contribution >= 0.6 is 0 Å². The molecule has 0 fully saturated rings. The van der Waals surface area contributed by atoms with Crippen molar-refractivity contribution in [3.8, 4) is 17.5 Å². The third-order valence-electron chi connectivity index (χ3n) is 3.55. The Morgan fingerprint density at radius 2 is 2.00 bits per heavy atom. The van der Waals surface area contributed by atoms with Gasteiger partial charge in [-0.05, 0) is 37.9 Å². The van der Waals surface area contributed by atoms with Gasteiger partial charge in [0, 0.05) is 11.8 Å². The Hall–Kier alpha value is -3.99. The number of nitrogens with two attached hydrogens (primary N) is 1. The Balaban J connectivity index is 2.04. The van der Waals surface area contributed by atoms with Crippen LogP contribution in [0.4, 0.5) is 0 Å². The van der Waals surface area contributed by atoms with Crippen LogP contribution < -0.4 is 5.73 Å². The minimum absolute atomic E-state index is 0.0401. The second-order valence-corrected chi connectivity index (χ2v) is 5.20. The highest BCUT2D eigenvalue weighted by Crippen LogP contribution is 2.23. The lowest BCUT2D eigenvalue weighted by atomic mass is 10.2. The lowest BCUT2D eigenvalue weighted by Crippen LogP contribution is -2.10. The number of aliphatic imine (C=N–C) groups is 2. The predicted octanol–water partition coefficient (Wildman–Crippen LogP) is 2.66. The van der Waals surface area contributed by atoms with Gasteiger partial charge in [-0.3, -0.25) is 4.57 Å². The highest BCUT2D eigenvalue weighted by Gasteiger charge is 2.16. The van der Waals surface area contributed by atoms with Crippen molar-refractivity contribution >= 4 is 18.3 Å². The number of benzene rings is 1. The van der Waals surface area contributed by atoms with E-state index in [-0.39, 0.29) is 17.4 Å².